The molecular formula is C11H10BrClN2O5. The maximum Gasteiger partial charge on any atom is 0.325 e. The largest absolute Gasteiger partial charge is 0.468 e. The Morgan fingerprint density at radius 2 is 2.15 bits per heavy atom. The minimum absolute atomic E-state index is 0.0832. The van der Waals surface area contributed by atoms with Gasteiger partial charge < -0.3 is 10.1 Å². The van der Waals surface area contributed by atoms with Gasteiger partial charge in [0.15, 0.2) is 0 Å². The third-order valence-electron chi connectivity index (χ3n) is 2.25. The number of carbonyl (C=O) groups excluding carboxylic acids is 2. The number of alkyl halides is 1. The zero-order valence-corrected chi connectivity index (χ0v) is 12.6. The minimum Gasteiger partial charge on any atom is -0.468 e. The van der Waals surface area contributed by atoms with Crippen LogP contribution < -0.4 is 5.32 Å². The predicted molar refractivity (Wildman–Crippen MR) is 74.8 cm³/mol. The highest BCUT2D eigenvalue weighted by molar-refractivity contribution is 9.10. The van der Waals surface area contributed by atoms with Crippen LogP contribution in [0.2, 0.25) is 0 Å². The molecule has 0 aromatic heterocycles. The van der Waals surface area contributed by atoms with Crippen molar-refractivity contribution in [1.82, 2.24) is 5.32 Å². The van der Waals surface area contributed by atoms with Crippen molar-refractivity contribution in [2.24, 2.45) is 0 Å². The van der Waals surface area contributed by atoms with Crippen molar-refractivity contribution >= 4 is 45.1 Å². The molecule has 1 unspecified atom stereocenters. The number of hydrogen-bond acceptors (Lipinski definition) is 5. The summed E-state index contributed by atoms with van der Waals surface area (Å²) in [5, 5.41) is 12.1. The van der Waals surface area contributed by atoms with Gasteiger partial charge in [-0.15, -0.1) is 11.6 Å². The van der Waals surface area contributed by atoms with Gasteiger partial charge in [-0.3, -0.25) is 19.7 Å². The van der Waals surface area contributed by atoms with Gasteiger partial charge in [0.05, 0.1) is 12.0 Å². The van der Waals surface area contributed by atoms with Gasteiger partial charge >= 0.3 is 5.97 Å². The summed E-state index contributed by atoms with van der Waals surface area (Å²) in [5.41, 5.74) is -0.139. The monoisotopic (exact) mass is 364 g/mol. The fourth-order valence-corrected chi connectivity index (χ4v) is 1.95. The van der Waals surface area contributed by atoms with Crippen LogP contribution in [0.3, 0.4) is 0 Å². The van der Waals surface area contributed by atoms with E-state index in [0.717, 1.165) is 6.07 Å². The molecule has 1 aromatic rings. The molecule has 0 heterocycles. The lowest BCUT2D eigenvalue weighted by Gasteiger charge is -2.09. The van der Waals surface area contributed by atoms with Gasteiger partial charge in [-0.05, 0) is 6.07 Å². The van der Waals surface area contributed by atoms with E-state index in [1.807, 2.05) is 0 Å². The molecular weight excluding hydrogens is 355 g/mol. The Bertz CT molecular complexity index is 552. The molecule has 1 rings (SSSR count). The van der Waals surface area contributed by atoms with Gasteiger partial charge in [-0.1, -0.05) is 15.9 Å². The number of halogens is 2. The SMILES string of the molecule is COC(=O)C(Cl)CNC(=O)c1cc(Br)cc([N+](=O)[O-])c1. The molecule has 0 bridgehead atoms. The molecule has 1 aromatic carbocycles. The van der Waals surface area contributed by atoms with E-state index in [1.54, 1.807) is 0 Å². The highest BCUT2D eigenvalue weighted by Crippen LogP contribution is 2.21. The number of methoxy groups -OCH3 is 1. The average molecular weight is 366 g/mol. The molecule has 0 aliphatic carbocycles. The van der Waals surface area contributed by atoms with Crippen molar-refractivity contribution in [3.8, 4) is 0 Å². The second kappa shape index (κ2) is 7.20. The van der Waals surface area contributed by atoms with Crippen molar-refractivity contribution in [2.75, 3.05) is 13.7 Å². The van der Waals surface area contributed by atoms with Crippen LogP contribution in [-0.2, 0) is 9.53 Å². The Kier molecular flexibility index (Phi) is 5.90. The lowest BCUT2D eigenvalue weighted by molar-refractivity contribution is -0.385. The number of rotatable bonds is 5. The Morgan fingerprint density at radius 1 is 1.50 bits per heavy atom. The van der Waals surface area contributed by atoms with E-state index < -0.39 is 22.2 Å². The summed E-state index contributed by atoms with van der Waals surface area (Å²) < 4.78 is 4.80. The quantitative estimate of drug-likeness (QED) is 0.372. The van der Waals surface area contributed by atoms with Gasteiger partial charge in [0.25, 0.3) is 11.6 Å². The van der Waals surface area contributed by atoms with E-state index in [-0.39, 0.29) is 17.8 Å². The Labute approximate surface area is 127 Å². The molecule has 0 aliphatic heterocycles. The molecule has 0 radical (unpaired) electrons. The first-order chi connectivity index (χ1) is 9.35. The van der Waals surface area contributed by atoms with Crippen LogP contribution in [0.5, 0.6) is 0 Å². The number of carbonyl (C=O) groups is 2. The molecule has 0 spiro atoms. The topological polar surface area (TPSA) is 98.5 Å². The number of nitrogens with one attached hydrogen (secondary N) is 1. The number of ether oxygens (including phenoxy) is 1. The van der Waals surface area contributed by atoms with E-state index in [2.05, 4.69) is 26.0 Å². The summed E-state index contributed by atoms with van der Waals surface area (Å²) in [7, 11) is 1.18. The van der Waals surface area contributed by atoms with Crippen LogP contribution in [0.25, 0.3) is 0 Å². The number of nitro groups is 1. The van der Waals surface area contributed by atoms with Gasteiger partial charge in [0.2, 0.25) is 0 Å². The summed E-state index contributed by atoms with van der Waals surface area (Å²) in [6, 6.07) is 3.82. The number of benzene rings is 1. The molecule has 9 heteroatoms. The van der Waals surface area contributed by atoms with Crippen LogP contribution >= 0.6 is 27.5 Å². The Morgan fingerprint density at radius 3 is 2.70 bits per heavy atom. The fraction of sp³-hybridized carbons (Fsp3) is 0.273. The van der Waals surface area contributed by atoms with Crippen LogP contribution in [-0.4, -0.2) is 35.8 Å². The standard InChI is InChI=1S/C11H10BrClN2O5/c1-20-11(17)9(13)5-14-10(16)6-2-7(12)4-8(3-6)15(18)19/h2-4,9H,5H2,1H3,(H,14,16). The van der Waals surface area contributed by atoms with Crippen molar-refractivity contribution in [3.05, 3.63) is 38.3 Å². The van der Waals surface area contributed by atoms with Crippen molar-refractivity contribution in [1.29, 1.82) is 0 Å². The first-order valence-electron chi connectivity index (χ1n) is 5.30. The number of non-ortho nitro benzene ring substituents is 1. The van der Waals surface area contributed by atoms with Crippen LogP contribution in [0.15, 0.2) is 22.7 Å². The number of esters is 1. The van der Waals surface area contributed by atoms with Crippen molar-refractivity contribution < 1.29 is 19.2 Å². The molecule has 0 aliphatic rings. The molecule has 1 N–H and O–H groups in total. The van der Waals surface area contributed by atoms with Gasteiger partial charge in [-0.25, -0.2) is 0 Å². The molecule has 0 saturated heterocycles. The number of nitrogens with zero attached hydrogens (tertiary/aromatic N) is 1. The number of amides is 1. The maximum absolute atomic E-state index is 11.8. The molecule has 108 valence electrons. The Hall–Kier alpha value is -1.67. The zero-order valence-electron chi connectivity index (χ0n) is 10.3. The number of hydrogen-bond donors (Lipinski definition) is 1. The zero-order chi connectivity index (χ0) is 15.3. The van der Waals surface area contributed by atoms with E-state index in [1.165, 1.54) is 19.2 Å². The maximum atomic E-state index is 11.8. The minimum atomic E-state index is -1.02. The third kappa shape index (κ3) is 4.46. The average Bonchev–Trinajstić information content (AvgIpc) is 2.42. The van der Waals surface area contributed by atoms with Crippen LogP contribution in [0, 0.1) is 10.1 Å². The predicted octanol–water partition coefficient (Wildman–Crippen LogP) is 1.87. The van der Waals surface area contributed by atoms with Crippen LogP contribution in [0.4, 0.5) is 5.69 Å². The highest BCUT2D eigenvalue weighted by atomic mass is 79.9. The van der Waals surface area contributed by atoms with Gasteiger partial charge in [0.1, 0.15) is 5.38 Å². The lowest BCUT2D eigenvalue weighted by Crippen LogP contribution is -2.34. The summed E-state index contributed by atoms with van der Waals surface area (Å²) in [6.07, 6.45) is 0. The van der Waals surface area contributed by atoms with E-state index >= 15 is 0 Å². The number of nitro benzene ring substituents is 1. The molecule has 1 atom stereocenters. The molecule has 0 fully saturated rings. The molecule has 1 amide bonds. The second-order valence-electron chi connectivity index (χ2n) is 3.66. The molecule has 0 saturated carbocycles. The molecule has 20 heavy (non-hydrogen) atoms. The van der Waals surface area contributed by atoms with Gasteiger partial charge in [0, 0.05) is 28.7 Å². The first-order valence-corrected chi connectivity index (χ1v) is 6.53. The first kappa shape index (κ1) is 16.4. The summed E-state index contributed by atoms with van der Waals surface area (Å²) >= 11 is 8.75. The third-order valence-corrected chi connectivity index (χ3v) is 3.04. The Balaban J connectivity index is 2.78. The van der Waals surface area contributed by atoms with Gasteiger partial charge in [-0.2, -0.15) is 0 Å². The van der Waals surface area contributed by atoms with E-state index in [4.69, 9.17) is 11.6 Å². The van der Waals surface area contributed by atoms with Crippen LogP contribution in [0.1, 0.15) is 10.4 Å². The highest BCUT2D eigenvalue weighted by Gasteiger charge is 2.18. The smallest absolute Gasteiger partial charge is 0.325 e. The summed E-state index contributed by atoms with van der Waals surface area (Å²) in [6.45, 7) is -0.145. The lowest BCUT2D eigenvalue weighted by atomic mass is 10.2. The summed E-state index contributed by atoms with van der Waals surface area (Å²) in [4.78, 5) is 33.0. The fourth-order valence-electron chi connectivity index (χ4n) is 1.31. The normalized spacial score (nSPS) is 11.6. The van der Waals surface area contributed by atoms with E-state index in [9.17, 15) is 19.7 Å². The summed E-state index contributed by atoms with van der Waals surface area (Å²) in [5.74, 6) is -1.25. The van der Waals surface area contributed by atoms with Crippen molar-refractivity contribution in [2.45, 2.75) is 5.38 Å². The van der Waals surface area contributed by atoms with Crippen molar-refractivity contribution in [3.63, 3.8) is 0 Å². The second-order valence-corrected chi connectivity index (χ2v) is 5.10. The molecule has 7 nitrogen and oxygen atoms in total. The van der Waals surface area contributed by atoms with E-state index in [0.29, 0.717) is 4.47 Å².